The first-order valence-electron chi connectivity index (χ1n) is 11.6. The quantitative estimate of drug-likeness (QED) is 0.288. The third-order valence-electron chi connectivity index (χ3n) is 6.10. The molecule has 13 heteroatoms. The van der Waals surface area contributed by atoms with E-state index in [9.17, 15) is 13.5 Å². The van der Waals surface area contributed by atoms with E-state index in [1.165, 1.54) is 25.7 Å². The Morgan fingerprint density at radius 3 is 2.39 bits per heavy atom. The summed E-state index contributed by atoms with van der Waals surface area (Å²) in [4.78, 5) is 4.35. The van der Waals surface area contributed by atoms with Crippen LogP contribution in [0.5, 0.6) is 11.5 Å². The highest BCUT2D eigenvalue weighted by atomic mass is 32.2. The summed E-state index contributed by atoms with van der Waals surface area (Å²) in [6.07, 6.45) is 1.93. The molecule has 0 amide bonds. The fourth-order valence-corrected chi connectivity index (χ4v) is 5.11. The van der Waals surface area contributed by atoms with Crippen molar-refractivity contribution < 1.29 is 27.4 Å². The van der Waals surface area contributed by atoms with Gasteiger partial charge in [0.1, 0.15) is 39.9 Å². The molecule has 4 heterocycles. The molecule has 5 aromatic rings. The molecule has 2 unspecified atom stereocenters. The summed E-state index contributed by atoms with van der Waals surface area (Å²) in [5.74, 6) is 1.82. The number of pyridine rings is 1. The van der Waals surface area contributed by atoms with E-state index >= 15 is 0 Å². The van der Waals surface area contributed by atoms with Crippen molar-refractivity contribution >= 4 is 21.6 Å². The second kappa shape index (κ2) is 9.84. The van der Waals surface area contributed by atoms with Gasteiger partial charge in [-0.3, -0.25) is 9.29 Å². The number of ether oxygens (including phenoxy) is 2. The third kappa shape index (κ3) is 4.46. The Hall–Kier alpha value is -4.36. The van der Waals surface area contributed by atoms with Crippen molar-refractivity contribution in [3.8, 4) is 28.8 Å². The van der Waals surface area contributed by atoms with Gasteiger partial charge in [0.15, 0.2) is 5.76 Å². The fraction of sp³-hybridized carbons (Fsp3) is 0.240. The van der Waals surface area contributed by atoms with Gasteiger partial charge in [0, 0.05) is 12.4 Å². The van der Waals surface area contributed by atoms with E-state index < -0.39 is 21.4 Å². The maximum Gasteiger partial charge on any atom is 0.243 e. The Labute approximate surface area is 218 Å². The number of hydrogen-bond acceptors (Lipinski definition) is 9. The van der Waals surface area contributed by atoms with E-state index in [0.29, 0.717) is 34.4 Å². The molecule has 0 saturated carbocycles. The topological polar surface area (TPSA) is 146 Å². The van der Waals surface area contributed by atoms with Gasteiger partial charge < -0.3 is 23.4 Å². The molecule has 38 heavy (non-hydrogen) atoms. The summed E-state index contributed by atoms with van der Waals surface area (Å²) in [7, 11) is -1.25. The lowest BCUT2D eigenvalue weighted by atomic mass is 10.2. The molecular formula is C25H26N6O6S. The van der Waals surface area contributed by atoms with Crippen LogP contribution in [0.1, 0.15) is 24.5 Å². The van der Waals surface area contributed by atoms with Gasteiger partial charge >= 0.3 is 0 Å². The Kier molecular flexibility index (Phi) is 6.55. The number of furan rings is 1. The molecule has 0 aliphatic heterocycles. The Bertz CT molecular complexity index is 1650. The molecule has 198 valence electrons. The highest BCUT2D eigenvalue weighted by Crippen LogP contribution is 2.38. The van der Waals surface area contributed by atoms with Crippen LogP contribution in [0.2, 0.25) is 0 Å². The normalized spacial score (nSPS) is 13.4. The molecular weight excluding hydrogens is 512 g/mol. The number of sulfonamides is 1. The molecule has 1 aromatic carbocycles. The number of methoxy groups -OCH3 is 2. The Morgan fingerprint density at radius 2 is 1.76 bits per heavy atom. The SMILES string of the molecule is COc1cccc(OC)c1-n1c(NS(=O)(=O)C(C)C(O)c2cn3ccccc3n2)nnc1-c1ccc(C)o1. The van der Waals surface area contributed by atoms with Crippen LogP contribution in [-0.4, -0.2) is 57.1 Å². The molecule has 2 N–H and O–H groups in total. The zero-order chi connectivity index (χ0) is 27.0. The lowest BCUT2D eigenvalue weighted by Crippen LogP contribution is -2.32. The molecule has 0 fully saturated rings. The van der Waals surface area contributed by atoms with Crippen LogP contribution in [0.25, 0.3) is 22.9 Å². The lowest BCUT2D eigenvalue weighted by molar-refractivity contribution is 0.172. The number of aliphatic hydroxyl groups excluding tert-OH is 1. The average Bonchev–Trinajstić information content (AvgIpc) is 3.65. The molecule has 0 aliphatic rings. The number of hydrogen-bond donors (Lipinski definition) is 2. The first-order valence-corrected chi connectivity index (χ1v) is 13.1. The summed E-state index contributed by atoms with van der Waals surface area (Å²) in [5.41, 5.74) is 1.16. The highest BCUT2D eigenvalue weighted by molar-refractivity contribution is 7.93. The number of aryl methyl sites for hydroxylation is 1. The smallest absolute Gasteiger partial charge is 0.243 e. The second-order valence-electron chi connectivity index (χ2n) is 8.53. The van der Waals surface area contributed by atoms with Gasteiger partial charge in [-0.1, -0.05) is 12.1 Å². The van der Waals surface area contributed by atoms with Crippen molar-refractivity contribution in [1.29, 1.82) is 0 Å². The van der Waals surface area contributed by atoms with Crippen LogP contribution in [-0.2, 0) is 10.0 Å². The van der Waals surface area contributed by atoms with Gasteiger partial charge in [0.25, 0.3) is 0 Å². The number of nitrogens with zero attached hydrogens (tertiary/aromatic N) is 5. The van der Waals surface area contributed by atoms with Crippen LogP contribution in [0.3, 0.4) is 0 Å². The predicted molar refractivity (Wildman–Crippen MR) is 139 cm³/mol. The first kappa shape index (κ1) is 25.3. The summed E-state index contributed by atoms with van der Waals surface area (Å²) < 4.78 is 49.5. The van der Waals surface area contributed by atoms with Crippen LogP contribution in [0, 0.1) is 6.92 Å². The molecule has 4 aromatic heterocycles. The van der Waals surface area contributed by atoms with Gasteiger partial charge in [-0.25, -0.2) is 13.4 Å². The third-order valence-corrected chi connectivity index (χ3v) is 7.81. The average molecular weight is 539 g/mol. The number of aromatic nitrogens is 5. The standard InChI is InChI=1S/C25H26N6O6S/c1-15-11-12-20(37-15)24-27-28-25(31(24)22-18(35-3)8-7-9-19(22)36-4)29-38(33,34)16(2)23(32)17-14-30-13-6-5-10-21(30)26-17/h5-14,16,23,32H,1-4H3,(H,28,29). The van der Waals surface area contributed by atoms with Crippen molar-refractivity contribution in [3.63, 3.8) is 0 Å². The van der Waals surface area contributed by atoms with Crippen molar-refractivity contribution in [2.75, 3.05) is 18.9 Å². The Morgan fingerprint density at radius 1 is 1.03 bits per heavy atom. The van der Waals surface area contributed by atoms with Crippen molar-refractivity contribution in [3.05, 3.63) is 72.4 Å². The summed E-state index contributed by atoms with van der Waals surface area (Å²) in [6.45, 7) is 3.16. The molecule has 0 saturated heterocycles. The van der Waals surface area contributed by atoms with Gasteiger partial charge in [-0.2, -0.15) is 0 Å². The molecule has 12 nitrogen and oxygen atoms in total. The van der Waals surface area contributed by atoms with E-state index in [4.69, 9.17) is 13.9 Å². The molecule has 0 aliphatic carbocycles. The van der Waals surface area contributed by atoms with Crippen molar-refractivity contribution in [2.45, 2.75) is 25.2 Å². The van der Waals surface area contributed by atoms with Gasteiger partial charge in [-0.05, 0) is 50.2 Å². The van der Waals surface area contributed by atoms with E-state index in [1.807, 2.05) is 6.07 Å². The maximum absolute atomic E-state index is 13.5. The largest absolute Gasteiger partial charge is 0.494 e. The van der Waals surface area contributed by atoms with E-state index in [-0.39, 0.29) is 17.5 Å². The zero-order valence-corrected chi connectivity index (χ0v) is 21.9. The number of benzene rings is 1. The zero-order valence-electron chi connectivity index (χ0n) is 21.1. The molecule has 2 atom stereocenters. The van der Waals surface area contributed by atoms with Crippen LogP contribution in [0.4, 0.5) is 5.95 Å². The Balaban J connectivity index is 1.58. The van der Waals surface area contributed by atoms with Gasteiger partial charge in [-0.15, -0.1) is 10.2 Å². The summed E-state index contributed by atoms with van der Waals surface area (Å²) in [5, 5.41) is 18.0. The minimum atomic E-state index is -4.22. The van der Waals surface area contributed by atoms with Crippen LogP contribution >= 0.6 is 0 Å². The number of anilines is 1. The lowest BCUT2D eigenvalue weighted by Gasteiger charge is -2.20. The minimum absolute atomic E-state index is 0.147. The number of rotatable bonds is 9. The molecule has 0 radical (unpaired) electrons. The molecule has 0 bridgehead atoms. The minimum Gasteiger partial charge on any atom is -0.494 e. The number of imidazole rings is 1. The second-order valence-corrected chi connectivity index (χ2v) is 10.6. The summed E-state index contributed by atoms with van der Waals surface area (Å²) >= 11 is 0. The van der Waals surface area contributed by atoms with Gasteiger partial charge in [0.2, 0.25) is 21.8 Å². The monoisotopic (exact) mass is 538 g/mol. The number of aliphatic hydroxyl groups is 1. The van der Waals surface area contributed by atoms with E-state index in [2.05, 4.69) is 19.9 Å². The molecule has 0 spiro atoms. The van der Waals surface area contributed by atoms with Crippen molar-refractivity contribution in [1.82, 2.24) is 24.1 Å². The number of nitrogens with one attached hydrogen (secondary N) is 1. The number of fused-ring (bicyclic) bond motifs is 1. The highest BCUT2D eigenvalue weighted by Gasteiger charge is 2.34. The maximum atomic E-state index is 13.5. The number of para-hydroxylation sites is 1. The van der Waals surface area contributed by atoms with Crippen molar-refractivity contribution in [2.24, 2.45) is 0 Å². The van der Waals surface area contributed by atoms with Crippen LogP contribution < -0.4 is 14.2 Å². The van der Waals surface area contributed by atoms with E-state index in [1.54, 1.807) is 66.2 Å². The first-order chi connectivity index (χ1) is 18.2. The van der Waals surface area contributed by atoms with Gasteiger partial charge in [0.05, 0.1) is 19.9 Å². The predicted octanol–water partition coefficient (Wildman–Crippen LogP) is 3.36. The molecule has 5 rings (SSSR count). The van der Waals surface area contributed by atoms with E-state index in [0.717, 1.165) is 0 Å². The van der Waals surface area contributed by atoms with Crippen LogP contribution in [0.15, 0.2) is 65.3 Å². The fourth-order valence-electron chi connectivity index (χ4n) is 4.06. The summed E-state index contributed by atoms with van der Waals surface area (Å²) in [6, 6.07) is 14.0.